The molecule has 0 atom stereocenters. The molecule has 0 bridgehead atoms. The van der Waals surface area contributed by atoms with E-state index in [1.165, 1.54) is 47.5 Å². The van der Waals surface area contributed by atoms with E-state index >= 15 is 0 Å². The molecular weight excluding hydrogens is 348 g/mol. The summed E-state index contributed by atoms with van der Waals surface area (Å²) in [4.78, 5) is 0. The molecule has 0 spiro atoms. The molecule has 0 radical (unpaired) electrons. The molecule has 2 heteroatoms. The van der Waals surface area contributed by atoms with Gasteiger partial charge in [-0.3, -0.25) is 0 Å². The number of benzene rings is 3. The lowest BCUT2D eigenvalue weighted by Gasteiger charge is -2.01. The molecule has 0 saturated heterocycles. The Bertz CT molecular complexity index is 1410. The average Bonchev–Trinajstić information content (AvgIpc) is 3.19. The molecule has 0 N–H and O–H groups in total. The molecular formula is C25H20OS. The van der Waals surface area contributed by atoms with Crippen LogP contribution in [0.1, 0.15) is 23.8 Å². The lowest BCUT2D eigenvalue weighted by Crippen LogP contribution is -1.76. The van der Waals surface area contributed by atoms with Gasteiger partial charge in [0.25, 0.3) is 0 Å². The van der Waals surface area contributed by atoms with Gasteiger partial charge in [0.1, 0.15) is 11.3 Å². The molecule has 132 valence electrons. The van der Waals surface area contributed by atoms with Gasteiger partial charge in [-0.05, 0) is 50.1 Å². The maximum Gasteiger partial charge on any atom is 0.142 e. The molecule has 0 saturated carbocycles. The Morgan fingerprint density at radius 1 is 0.926 bits per heavy atom. The molecule has 0 amide bonds. The number of hydrogen-bond donors (Lipinski definition) is 0. The molecule has 2 aromatic heterocycles. The second-order valence-corrected chi connectivity index (χ2v) is 8.32. The predicted octanol–water partition coefficient (Wildman–Crippen LogP) is 8.16. The molecule has 0 unspecified atom stereocenters. The van der Waals surface area contributed by atoms with Crippen LogP contribution in [0.3, 0.4) is 0 Å². The van der Waals surface area contributed by atoms with Gasteiger partial charge < -0.3 is 4.42 Å². The van der Waals surface area contributed by atoms with Gasteiger partial charge in [-0.1, -0.05) is 43.0 Å². The van der Waals surface area contributed by atoms with Crippen molar-refractivity contribution in [3.63, 3.8) is 0 Å². The minimum atomic E-state index is 0.918. The standard InChI is InChI=1S/C25H20OS/c1-5-14(2)12-22-16(4)17-8-10-21-19(24(17)26-22)9-11-20-18-7-6-15(3)13-23(18)27-25(20)21/h5-13H,1H2,2-4H3/b14-12-. The fourth-order valence-electron chi connectivity index (χ4n) is 3.85. The maximum atomic E-state index is 6.31. The first-order valence-corrected chi connectivity index (χ1v) is 9.97. The number of allylic oxidation sites excluding steroid dienone is 2. The van der Waals surface area contributed by atoms with Gasteiger partial charge >= 0.3 is 0 Å². The maximum absolute atomic E-state index is 6.31. The van der Waals surface area contributed by atoms with Crippen LogP contribution < -0.4 is 0 Å². The Balaban J connectivity index is 1.88. The van der Waals surface area contributed by atoms with E-state index in [4.69, 9.17) is 4.42 Å². The normalized spacial score (nSPS) is 12.6. The summed E-state index contributed by atoms with van der Waals surface area (Å²) in [5, 5.41) is 6.30. The third-order valence-corrected chi connectivity index (χ3v) is 6.61. The van der Waals surface area contributed by atoms with Crippen LogP contribution in [0.15, 0.2) is 65.1 Å². The predicted molar refractivity (Wildman–Crippen MR) is 120 cm³/mol. The van der Waals surface area contributed by atoms with Crippen molar-refractivity contribution < 1.29 is 4.42 Å². The van der Waals surface area contributed by atoms with Gasteiger partial charge in [-0.2, -0.15) is 0 Å². The van der Waals surface area contributed by atoms with E-state index in [1.54, 1.807) is 0 Å². The Morgan fingerprint density at radius 3 is 2.37 bits per heavy atom. The van der Waals surface area contributed by atoms with Crippen molar-refractivity contribution in [1.82, 2.24) is 0 Å². The second kappa shape index (κ2) is 5.83. The number of hydrogen-bond acceptors (Lipinski definition) is 2. The second-order valence-electron chi connectivity index (χ2n) is 7.27. The van der Waals surface area contributed by atoms with Crippen LogP contribution in [0, 0.1) is 13.8 Å². The quantitative estimate of drug-likeness (QED) is 0.286. The van der Waals surface area contributed by atoms with Gasteiger partial charge in [0.05, 0.1) is 0 Å². The molecule has 27 heavy (non-hydrogen) atoms. The van der Waals surface area contributed by atoms with E-state index in [2.05, 4.69) is 69.0 Å². The first-order chi connectivity index (χ1) is 13.1. The Labute approximate surface area is 162 Å². The van der Waals surface area contributed by atoms with Crippen LogP contribution in [-0.2, 0) is 0 Å². The summed E-state index contributed by atoms with van der Waals surface area (Å²) in [5.74, 6) is 0.918. The molecule has 2 heterocycles. The molecule has 0 aliphatic carbocycles. The molecule has 0 aliphatic heterocycles. The SMILES string of the molecule is C=C/C(C)=C\c1oc2c(ccc3c2ccc2c4ccc(C)cc4sc23)c1C. The summed E-state index contributed by atoms with van der Waals surface area (Å²) in [6.07, 6.45) is 3.92. The number of furan rings is 1. The molecule has 0 fully saturated rings. The Hall–Kier alpha value is -2.84. The fourth-order valence-corrected chi connectivity index (χ4v) is 5.18. The largest absolute Gasteiger partial charge is 0.456 e. The van der Waals surface area contributed by atoms with Crippen molar-refractivity contribution in [2.75, 3.05) is 0 Å². The van der Waals surface area contributed by atoms with E-state index in [1.807, 2.05) is 24.3 Å². The third kappa shape index (κ3) is 2.37. The number of fused-ring (bicyclic) bond motifs is 7. The minimum absolute atomic E-state index is 0.918. The van der Waals surface area contributed by atoms with Gasteiger partial charge in [-0.25, -0.2) is 0 Å². The van der Waals surface area contributed by atoms with Crippen LogP contribution in [0.2, 0.25) is 0 Å². The van der Waals surface area contributed by atoms with E-state index in [-0.39, 0.29) is 0 Å². The average molecular weight is 369 g/mol. The van der Waals surface area contributed by atoms with E-state index in [0.29, 0.717) is 0 Å². The summed E-state index contributed by atoms with van der Waals surface area (Å²) >= 11 is 1.87. The van der Waals surface area contributed by atoms with Crippen LogP contribution in [-0.4, -0.2) is 0 Å². The van der Waals surface area contributed by atoms with E-state index in [0.717, 1.165) is 16.9 Å². The lowest BCUT2D eigenvalue weighted by molar-refractivity contribution is 0.604. The highest BCUT2D eigenvalue weighted by Crippen LogP contribution is 2.41. The van der Waals surface area contributed by atoms with E-state index in [9.17, 15) is 0 Å². The highest BCUT2D eigenvalue weighted by Gasteiger charge is 2.15. The van der Waals surface area contributed by atoms with Crippen LogP contribution in [0.25, 0.3) is 48.0 Å². The van der Waals surface area contributed by atoms with Gasteiger partial charge in [0.15, 0.2) is 0 Å². The first-order valence-electron chi connectivity index (χ1n) is 9.15. The van der Waals surface area contributed by atoms with Gasteiger partial charge in [0, 0.05) is 41.9 Å². The number of aryl methyl sites for hydroxylation is 2. The Morgan fingerprint density at radius 2 is 1.59 bits per heavy atom. The van der Waals surface area contributed by atoms with Crippen LogP contribution >= 0.6 is 11.3 Å². The van der Waals surface area contributed by atoms with Crippen molar-refractivity contribution in [1.29, 1.82) is 0 Å². The first kappa shape index (κ1) is 16.3. The van der Waals surface area contributed by atoms with Gasteiger partial charge in [-0.15, -0.1) is 11.3 Å². The third-order valence-electron chi connectivity index (χ3n) is 5.41. The topological polar surface area (TPSA) is 13.1 Å². The van der Waals surface area contributed by atoms with Crippen molar-refractivity contribution >= 4 is 59.3 Å². The Kier molecular flexibility index (Phi) is 3.53. The summed E-state index contributed by atoms with van der Waals surface area (Å²) < 4.78 is 8.99. The summed E-state index contributed by atoms with van der Waals surface area (Å²) in [7, 11) is 0. The van der Waals surface area contributed by atoms with Crippen LogP contribution in [0.5, 0.6) is 0 Å². The smallest absolute Gasteiger partial charge is 0.142 e. The lowest BCUT2D eigenvalue weighted by atomic mass is 10.0. The molecule has 3 aromatic carbocycles. The van der Waals surface area contributed by atoms with Gasteiger partial charge in [0.2, 0.25) is 0 Å². The molecule has 5 rings (SSSR count). The number of rotatable bonds is 2. The highest BCUT2D eigenvalue weighted by atomic mass is 32.1. The zero-order valence-corrected chi connectivity index (χ0v) is 16.5. The summed E-state index contributed by atoms with van der Waals surface area (Å²) in [6, 6.07) is 15.6. The molecule has 1 nitrogen and oxygen atoms in total. The molecule has 0 aliphatic rings. The summed E-state index contributed by atoms with van der Waals surface area (Å²) in [6.45, 7) is 10.2. The molecule has 5 aromatic rings. The zero-order chi connectivity index (χ0) is 18.7. The zero-order valence-electron chi connectivity index (χ0n) is 15.7. The minimum Gasteiger partial charge on any atom is -0.456 e. The van der Waals surface area contributed by atoms with Crippen LogP contribution in [0.4, 0.5) is 0 Å². The highest BCUT2D eigenvalue weighted by molar-refractivity contribution is 7.26. The van der Waals surface area contributed by atoms with Crippen molar-refractivity contribution in [2.24, 2.45) is 0 Å². The number of thiophene rings is 1. The van der Waals surface area contributed by atoms with Crippen molar-refractivity contribution in [3.8, 4) is 0 Å². The van der Waals surface area contributed by atoms with E-state index < -0.39 is 0 Å². The van der Waals surface area contributed by atoms with Crippen molar-refractivity contribution in [2.45, 2.75) is 20.8 Å². The van der Waals surface area contributed by atoms with Crippen molar-refractivity contribution in [3.05, 3.63) is 77.6 Å². The summed E-state index contributed by atoms with van der Waals surface area (Å²) in [5.41, 5.74) is 4.56. The monoisotopic (exact) mass is 368 g/mol. The fraction of sp³-hybridized carbons (Fsp3) is 0.120.